The maximum atomic E-state index is 14.4. The molecule has 0 aliphatic heterocycles. The summed E-state index contributed by atoms with van der Waals surface area (Å²) in [7, 11) is 0. The normalized spacial score (nSPS) is 33.0. The lowest BCUT2D eigenvalue weighted by Crippen LogP contribution is -2.53. The molecule has 6 aliphatic rings. The zero-order valence-corrected chi connectivity index (χ0v) is 43.0. The summed E-state index contributed by atoms with van der Waals surface area (Å²) in [6.45, 7) is 17.9. The van der Waals surface area contributed by atoms with Gasteiger partial charge in [-0.2, -0.15) is 0 Å². The molecule has 10 nitrogen and oxygen atoms in total. The molecule has 8 rings (SSSR count). The summed E-state index contributed by atoms with van der Waals surface area (Å²) in [5.41, 5.74) is 6.05. The summed E-state index contributed by atoms with van der Waals surface area (Å²) in [6.07, 6.45) is 14.3. The van der Waals surface area contributed by atoms with Crippen molar-refractivity contribution >= 4 is 35.9 Å². The first-order chi connectivity index (χ1) is 32.8. The van der Waals surface area contributed by atoms with Crippen molar-refractivity contribution < 1.29 is 48.1 Å². The van der Waals surface area contributed by atoms with Gasteiger partial charge >= 0.3 is 17.9 Å². The molecule has 0 spiro atoms. The Balaban J connectivity index is 0.929. The summed E-state index contributed by atoms with van der Waals surface area (Å²) in [5.74, 6) is -2.60. The van der Waals surface area contributed by atoms with E-state index in [0.717, 1.165) is 111 Å². The Morgan fingerprint density at radius 1 is 0.594 bits per heavy atom. The van der Waals surface area contributed by atoms with Gasteiger partial charge in [0.25, 0.3) is 6.47 Å². The van der Waals surface area contributed by atoms with Crippen molar-refractivity contribution in [2.24, 2.45) is 40.4 Å². The van der Waals surface area contributed by atoms with Gasteiger partial charge in [-0.3, -0.25) is 28.8 Å². The average molecular weight is 949 g/mol. The Bertz CT molecular complexity index is 2330. The molecule has 69 heavy (non-hydrogen) atoms. The van der Waals surface area contributed by atoms with E-state index in [1.807, 2.05) is 0 Å². The Morgan fingerprint density at radius 2 is 1.03 bits per heavy atom. The van der Waals surface area contributed by atoms with E-state index in [0.29, 0.717) is 50.6 Å². The predicted molar refractivity (Wildman–Crippen MR) is 264 cm³/mol. The van der Waals surface area contributed by atoms with Crippen LogP contribution in [0, 0.1) is 40.4 Å². The number of carboxylic acid groups (broad SMARTS) is 1. The lowest BCUT2D eigenvalue weighted by Gasteiger charge is -2.54. The van der Waals surface area contributed by atoms with E-state index < -0.39 is 34.7 Å². The lowest BCUT2D eigenvalue weighted by molar-refractivity contribution is -0.167. The second kappa shape index (κ2) is 20.0. The van der Waals surface area contributed by atoms with Gasteiger partial charge < -0.3 is 19.3 Å². The molecule has 376 valence electrons. The van der Waals surface area contributed by atoms with Crippen molar-refractivity contribution in [3.05, 3.63) is 68.8 Å². The fourth-order valence-electron chi connectivity index (χ4n) is 15.4. The van der Waals surface area contributed by atoms with Crippen LogP contribution >= 0.6 is 0 Å². The molecule has 0 heterocycles. The van der Waals surface area contributed by atoms with Crippen molar-refractivity contribution in [1.29, 1.82) is 0 Å². The number of carboxylic acids is 1. The summed E-state index contributed by atoms with van der Waals surface area (Å²) in [5, 5.41) is 10.1. The van der Waals surface area contributed by atoms with Crippen LogP contribution in [0.1, 0.15) is 230 Å². The standard InChI is InChI=1S/C59H80O10/c1-35(2)42-30-37-20-22-49-56(5,46(37)32-44(42)51(61)39-16-9-10-17-40(39)53(63)64)24-13-26-58(49,7)54(65)67-28-15-29-68-55(66)59(8)27-14-25-57(6)47-33-45(43(36(3)4)31-38(47)21-23-50(57)59)52(62)41-18-11-12-19-48(41)69-34-60/h30-36,39-41,48-50H,9-29H2,1-8H3,(H,63,64). The number of benzene rings is 2. The molecule has 10 unspecified atom stereocenters. The molecule has 4 fully saturated rings. The van der Waals surface area contributed by atoms with Crippen molar-refractivity contribution in [3.63, 3.8) is 0 Å². The second-order valence-electron chi connectivity index (χ2n) is 23.9. The van der Waals surface area contributed by atoms with Crippen molar-refractivity contribution in [1.82, 2.24) is 0 Å². The monoisotopic (exact) mass is 949 g/mol. The SMILES string of the molecule is CC(C)c1cc2c(cc1C(=O)C1CCCCC1OC=O)C1(C)CCCC(C)(C(=O)OCCCOC(=O)C3(C)CCCC4(C)c5cc(C(=O)C6CCCCC6C(=O)O)c(C(C)C)cc5CCC34)C1CC2. The van der Waals surface area contributed by atoms with Crippen LogP contribution in [0.15, 0.2) is 24.3 Å². The molecule has 4 saturated carbocycles. The van der Waals surface area contributed by atoms with Crippen LogP contribution in [-0.2, 0) is 57.1 Å². The second-order valence-corrected chi connectivity index (χ2v) is 23.9. The minimum absolute atomic E-state index is 0.00104. The molecule has 0 amide bonds. The number of Topliss-reactive ketones (excluding diaryl/α,β-unsaturated/α-hetero) is 2. The van der Waals surface area contributed by atoms with E-state index in [2.05, 4.69) is 79.7 Å². The number of aliphatic carboxylic acids is 1. The third kappa shape index (κ3) is 9.15. The van der Waals surface area contributed by atoms with Gasteiger partial charge in [-0.25, -0.2) is 0 Å². The highest BCUT2D eigenvalue weighted by atomic mass is 16.5. The third-order valence-corrected chi connectivity index (χ3v) is 19.2. The van der Waals surface area contributed by atoms with Crippen molar-refractivity contribution in [2.75, 3.05) is 13.2 Å². The van der Waals surface area contributed by atoms with E-state index in [4.69, 9.17) is 14.2 Å². The van der Waals surface area contributed by atoms with E-state index in [1.165, 1.54) is 11.1 Å². The fourth-order valence-corrected chi connectivity index (χ4v) is 15.4. The van der Waals surface area contributed by atoms with Crippen LogP contribution in [-0.4, -0.2) is 60.4 Å². The van der Waals surface area contributed by atoms with E-state index in [9.17, 15) is 33.9 Å². The zero-order chi connectivity index (χ0) is 49.6. The molecule has 0 aromatic heterocycles. The number of rotatable bonds is 15. The Labute approximate surface area is 411 Å². The quantitative estimate of drug-likeness (QED) is 0.0601. The lowest BCUT2D eigenvalue weighted by atomic mass is 9.49. The topological polar surface area (TPSA) is 150 Å². The number of ketones is 2. The number of esters is 2. The molecule has 2 aromatic carbocycles. The minimum Gasteiger partial charge on any atom is -0.481 e. The first-order valence-electron chi connectivity index (χ1n) is 26.9. The first-order valence-corrected chi connectivity index (χ1v) is 26.9. The van der Waals surface area contributed by atoms with E-state index in [-0.39, 0.29) is 77.1 Å². The van der Waals surface area contributed by atoms with Crippen LogP contribution in [0.5, 0.6) is 0 Å². The molecule has 0 radical (unpaired) electrons. The maximum absolute atomic E-state index is 14.4. The fraction of sp³-hybridized carbons (Fsp3) is 0.695. The maximum Gasteiger partial charge on any atom is 0.312 e. The van der Waals surface area contributed by atoms with Gasteiger partial charge in [0.15, 0.2) is 11.6 Å². The number of carbonyl (C=O) groups is 6. The number of hydrogen-bond acceptors (Lipinski definition) is 9. The molecule has 10 heteroatoms. The summed E-state index contributed by atoms with van der Waals surface area (Å²) < 4.78 is 17.7. The van der Waals surface area contributed by atoms with Gasteiger partial charge in [-0.1, -0.05) is 85.8 Å². The van der Waals surface area contributed by atoms with Crippen LogP contribution < -0.4 is 0 Å². The van der Waals surface area contributed by atoms with Gasteiger partial charge in [-0.15, -0.1) is 0 Å². The molecular weight excluding hydrogens is 869 g/mol. The molecule has 10 atom stereocenters. The summed E-state index contributed by atoms with van der Waals surface area (Å²) in [6, 6.07) is 8.71. The van der Waals surface area contributed by atoms with Gasteiger partial charge in [0, 0.05) is 23.5 Å². The van der Waals surface area contributed by atoms with Gasteiger partial charge in [0.05, 0.1) is 35.9 Å². The first kappa shape index (κ1) is 51.0. The van der Waals surface area contributed by atoms with Crippen molar-refractivity contribution in [2.45, 2.75) is 206 Å². The zero-order valence-electron chi connectivity index (χ0n) is 43.0. The molecule has 2 aromatic rings. The number of ether oxygens (including phenoxy) is 3. The molecular formula is C59H80O10. The van der Waals surface area contributed by atoms with E-state index >= 15 is 0 Å². The van der Waals surface area contributed by atoms with Crippen LogP contribution in [0.25, 0.3) is 0 Å². The van der Waals surface area contributed by atoms with Crippen LogP contribution in [0.4, 0.5) is 0 Å². The Kier molecular flexibility index (Phi) is 14.8. The van der Waals surface area contributed by atoms with E-state index in [1.54, 1.807) is 0 Å². The van der Waals surface area contributed by atoms with Gasteiger partial charge in [0.1, 0.15) is 6.10 Å². The molecule has 6 aliphatic carbocycles. The third-order valence-electron chi connectivity index (χ3n) is 19.2. The van der Waals surface area contributed by atoms with Gasteiger partial charge in [0.2, 0.25) is 0 Å². The molecule has 0 saturated heterocycles. The highest BCUT2D eigenvalue weighted by Crippen LogP contribution is 2.60. The smallest absolute Gasteiger partial charge is 0.312 e. The molecule has 0 bridgehead atoms. The predicted octanol–water partition coefficient (Wildman–Crippen LogP) is 12.1. The molecule has 1 N–H and O–H groups in total. The number of fused-ring (bicyclic) bond motifs is 6. The van der Waals surface area contributed by atoms with Crippen molar-refractivity contribution in [3.8, 4) is 0 Å². The highest BCUT2D eigenvalue weighted by molar-refractivity contribution is 6.02. The number of hydrogen-bond donors (Lipinski definition) is 1. The van der Waals surface area contributed by atoms with Crippen LogP contribution in [0.3, 0.4) is 0 Å². The van der Waals surface area contributed by atoms with Gasteiger partial charge in [-0.05, 0) is 177 Å². The largest absolute Gasteiger partial charge is 0.481 e. The average Bonchev–Trinajstić information content (AvgIpc) is 3.32. The number of aryl methyl sites for hydroxylation is 2. The Morgan fingerprint density at radius 3 is 1.48 bits per heavy atom. The Hall–Kier alpha value is -4.34. The summed E-state index contributed by atoms with van der Waals surface area (Å²) in [4.78, 5) is 81.2. The van der Waals surface area contributed by atoms with Crippen LogP contribution in [0.2, 0.25) is 0 Å². The highest BCUT2D eigenvalue weighted by Gasteiger charge is 2.58. The summed E-state index contributed by atoms with van der Waals surface area (Å²) >= 11 is 0. The minimum atomic E-state index is -0.885. The number of carbonyl (C=O) groups excluding carboxylic acids is 5.